The molecule has 1 rings (SSSR count). The molecule has 0 aliphatic rings. The number of likely N-dealkylation sites (N-methyl/N-ethyl adjacent to an activating group) is 1. The SMILES string of the molecule is CNCC(O)C(O)c1cc(C#N)ccc1C. The van der Waals surface area contributed by atoms with Crippen molar-refractivity contribution in [3.05, 3.63) is 34.9 Å². The van der Waals surface area contributed by atoms with Crippen molar-refractivity contribution < 1.29 is 10.2 Å². The van der Waals surface area contributed by atoms with Crippen LogP contribution in [-0.4, -0.2) is 29.9 Å². The van der Waals surface area contributed by atoms with Gasteiger partial charge in [0.05, 0.1) is 17.7 Å². The van der Waals surface area contributed by atoms with Crippen molar-refractivity contribution in [2.75, 3.05) is 13.6 Å². The number of aryl methyl sites for hydroxylation is 1. The summed E-state index contributed by atoms with van der Waals surface area (Å²) in [4.78, 5) is 0. The van der Waals surface area contributed by atoms with Gasteiger partial charge in [-0.1, -0.05) is 6.07 Å². The standard InChI is InChI=1S/C12H16N2O2/c1-8-3-4-9(6-13)5-10(8)12(16)11(15)7-14-2/h3-5,11-12,14-16H,7H2,1-2H3. The Hall–Kier alpha value is -1.41. The van der Waals surface area contributed by atoms with Crippen LogP contribution in [0.3, 0.4) is 0 Å². The van der Waals surface area contributed by atoms with Crippen LogP contribution in [0.4, 0.5) is 0 Å². The van der Waals surface area contributed by atoms with E-state index in [9.17, 15) is 10.2 Å². The Morgan fingerprint density at radius 1 is 1.44 bits per heavy atom. The van der Waals surface area contributed by atoms with Crippen LogP contribution in [0.5, 0.6) is 0 Å². The molecule has 16 heavy (non-hydrogen) atoms. The lowest BCUT2D eigenvalue weighted by Gasteiger charge is -2.19. The lowest BCUT2D eigenvalue weighted by molar-refractivity contribution is 0.0198. The highest BCUT2D eigenvalue weighted by Crippen LogP contribution is 2.21. The third-order valence-corrected chi connectivity index (χ3v) is 2.50. The molecular weight excluding hydrogens is 204 g/mol. The fourth-order valence-corrected chi connectivity index (χ4v) is 1.56. The zero-order chi connectivity index (χ0) is 12.1. The number of aliphatic hydroxyl groups is 2. The molecular formula is C12H16N2O2. The van der Waals surface area contributed by atoms with E-state index in [1.54, 1.807) is 25.2 Å². The molecule has 1 aromatic rings. The summed E-state index contributed by atoms with van der Waals surface area (Å²) >= 11 is 0. The fourth-order valence-electron chi connectivity index (χ4n) is 1.56. The van der Waals surface area contributed by atoms with E-state index in [0.717, 1.165) is 5.56 Å². The lowest BCUT2D eigenvalue weighted by Crippen LogP contribution is -2.30. The van der Waals surface area contributed by atoms with E-state index in [-0.39, 0.29) is 0 Å². The maximum atomic E-state index is 9.92. The molecule has 4 heteroatoms. The third kappa shape index (κ3) is 2.80. The predicted molar refractivity (Wildman–Crippen MR) is 60.8 cm³/mol. The Kier molecular flexibility index (Phi) is 4.44. The van der Waals surface area contributed by atoms with Gasteiger partial charge in [0.15, 0.2) is 0 Å². The first-order chi connectivity index (χ1) is 7.60. The van der Waals surface area contributed by atoms with E-state index in [1.165, 1.54) is 0 Å². The van der Waals surface area contributed by atoms with Crippen molar-refractivity contribution in [1.29, 1.82) is 5.26 Å². The Morgan fingerprint density at radius 3 is 2.69 bits per heavy atom. The summed E-state index contributed by atoms with van der Waals surface area (Å²) in [5, 5.41) is 31.1. The number of nitrogens with zero attached hydrogens (tertiary/aromatic N) is 1. The van der Waals surface area contributed by atoms with Crippen molar-refractivity contribution in [1.82, 2.24) is 5.32 Å². The van der Waals surface area contributed by atoms with Crippen LogP contribution in [0.15, 0.2) is 18.2 Å². The van der Waals surface area contributed by atoms with Crippen LogP contribution in [-0.2, 0) is 0 Å². The van der Waals surface area contributed by atoms with E-state index >= 15 is 0 Å². The van der Waals surface area contributed by atoms with Crippen molar-refractivity contribution in [2.45, 2.75) is 19.1 Å². The van der Waals surface area contributed by atoms with Crippen molar-refractivity contribution in [2.24, 2.45) is 0 Å². The highest BCUT2D eigenvalue weighted by Gasteiger charge is 2.19. The number of benzene rings is 1. The second-order valence-electron chi connectivity index (χ2n) is 3.75. The van der Waals surface area contributed by atoms with Crippen LogP contribution in [0, 0.1) is 18.3 Å². The normalized spacial score (nSPS) is 14.2. The highest BCUT2D eigenvalue weighted by atomic mass is 16.3. The molecule has 0 radical (unpaired) electrons. The first kappa shape index (κ1) is 12.7. The van der Waals surface area contributed by atoms with E-state index in [4.69, 9.17) is 5.26 Å². The van der Waals surface area contributed by atoms with Gasteiger partial charge >= 0.3 is 0 Å². The van der Waals surface area contributed by atoms with Gasteiger partial charge in [-0.3, -0.25) is 0 Å². The smallest absolute Gasteiger partial charge is 0.106 e. The van der Waals surface area contributed by atoms with Gasteiger partial charge in [-0.2, -0.15) is 5.26 Å². The molecule has 0 fully saturated rings. The minimum Gasteiger partial charge on any atom is -0.389 e. The lowest BCUT2D eigenvalue weighted by atomic mass is 9.97. The molecule has 2 atom stereocenters. The van der Waals surface area contributed by atoms with Crippen LogP contribution in [0.2, 0.25) is 0 Å². The summed E-state index contributed by atoms with van der Waals surface area (Å²) in [6.45, 7) is 2.14. The molecule has 0 amide bonds. The maximum absolute atomic E-state index is 9.92. The predicted octanol–water partition coefficient (Wildman–Crippen LogP) is 0.480. The summed E-state index contributed by atoms with van der Waals surface area (Å²) in [6.07, 6.45) is -1.85. The van der Waals surface area contributed by atoms with E-state index in [0.29, 0.717) is 17.7 Å². The molecule has 0 aliphatic carbocycles. The minimum absolute atomic E-state index is 0.303. The molecule has 3 N–H and O–H groups in total. The van der Waals surface area contributed by atoms with Gasteiger partial charge in [-0.05, 0) is 37.2 Å². The number of rotatable bonds is 4. The molecule has 4 nitrogen and oxygen atoms in total. The van der Waals surface area contributed by atoms with Crippen LogP contribution < -0.4 is 5.32 Å². The van der Waals surface area contributed by atoms with Gasteiger partial charge in [-0.25, -0.2) is 0 Å². The first-order valence-corrected chi connectivity index (χ1v) is 5.11. The second kappa shape index (κ2) is 5.61. The first-order valence-electron chi connectivity index (χ1n) is 5.11. The number of aliphatic hydroxyl groups excluding tert-OH is 2. The molecule has 0 aliphatic heterocycles. The van der Waals surface area contributed by atoms with Gasteiger partial charge in [0.2, 0.25) is 0 Å². The number of hydrogen-bond donors (Lipinski definition) is 3. The van der Waals surface area contributed by atoms with Crippen molar-refractivity contribution in [3.8, 4) is 6.07 Å². The topological polar surface area (TPSA) is 76.3 Å². The Bertz CT molecular complexity index is 398. The second-order valence-corrected chi connectivity index (χ2v) is 3.75. The molecule has 0 spiro atoms. The van der Waals surface area contributed by atoms with Crippen LogP contribution in [0.1, 0.15) is 22.8 Å². The van der Waals surface area contributed by atoms with Gasteiger partial charge in [0.25, 0.3) is 0 Å². The van der Waals surface area contributed by atoms with Gasteiger partial charge in [0, 0.05) is 6.54 Å². The molecule has 86 valence electrons. The van der Waals surface area contributed by atoms with E-state index < -0.39 is 12.2 Å². The summed E-state index contributed by atoms with van der Waals surface area (Å²) in [5.41, 5.74) is 1.94. The van der Waals surface area contributed by atoms with E-state index in [2.05, 4.69) is 5.32 Å². The number of nitriles is 1. The average Bonchev–Trinajstić information content (AvgIpc) is 2.29. The number of nitrogens with one attached hydrogen (secondary N) is 1. The van der Waals surface area contributed by atoms with Gasteiger partial charge in [-0.15, -0.1) is 0 Å². The summed E-state index contributed by atoms with van der Waals surface area (Å²) in [7, 11) is 1.70. The highest BCUT2D eigenvalue weighted by molar-refractivity contribution is 5.39. The van der Waals surface area contributed by atoms with Crippen LogP contribution >= 0.6 is 0 Å². The quantitative estimate of drug-likeness (QED) is 0.690. The average molecular weight is 220 g/mol. The molecule has 0 saturated carbocycles. The van der Waals surface area contributed by atoms with Crippen molar-refractivity contribution >= 4 is 0 Å². The summed E-state index contributed by atoms with van der Waals surface area (Å²) in [5.74, 6) is 0. The summed E-state index contributed by atoms with van der Waals surface area (Å²) in [6, 6.07) is 7.08. The molecule has 0 aromatic heterocycles. The molecule has 0 saturated heterocycles. The molecule has 2 unspecified atom stereocenters. The van der Waals surface area contributed by atoms with Crippen molar-refractivity contribution in [3.63, 3.8) is 0 Å². The van der Waals surface area contributed by atoms with Gasteiger partial charge < -0.3 is 15.5 Å². The van der Waals surface area contributed by atoms with Gasteiger partial charge in [0.1, 0.15) is 6.10 Å². The summed E-state index contributed by atoms with van der Waals surface area (Å²) < 4.78 is 0. The Balaban J connectivity index is 2.98. The zero-order valence-corrected chi connectivity index (χ0v) is 9.44. The minimum atomic E-state index is -0.972. The largest absolute Gasteiger partial charge is 0.389 e. The molecule has 1 aromatic carbocycles. The molecule has 0 bridgehead atoms. The zero-order valence-electron chi connectivity index (χ0n) is 9.44. The Labute approximate surface area is 95.2 Å². The number of hydrogen-bond acceptors (Lipinski definition) is 4. The van der Waals surface area contributed by atoms with Crippen LogP contribution in [0.25, 0.3) is 0 Å². The van der Waals surface area contributed by atoms with E-state index in [1.807, 2.05) is 13.0 Å². The Morgan fingerprint density at radius 2 is 2.12 bits per heavy atom. The third-order valence-electron chi connectivity index (χ3n) is 2.50. The molecule has 0 heterocycles. The monoisotopic (exact) mass is 220 g/mol. The fraction of sp³-hybridized carbons (Fsp3) is 0.417. The maximum Gasteiger partial charge on any atom is 0.106 e.